The van der Waals surface area contributed by atoms with Crippen LogP contribution in [0, 0.1) is 6.92 Å². The Morgan fingerprint density at radius 1 is 1.19 bits per heavy atom. The maximum absolute atomic E-state index is 12.3. The van der Waals surface area contributed by atoms with E-state index in [0.717, 1.165) is 16.8 Å². The zero-order valence-electron chi connectivity index (χ0n) is 14.9. The monoisotopic (exact) mass is 368 g/mol. The van der Waals surface area contributed by atoms with Crippen LogP contribution >= 0.6 is 11.8 Å². The van der Waals surface area contributed by atoms with Crippen molar-refractivity contribution in [2.75, 3.05) is 13.7 Å². The van der Waals surface area contributed by atoms with Crippen LogP contribution in [-0.2, 0) is 4.79 Å². The summed E-state index contributed by atoms with van der Waals surface area (Å²) in [5.74, 6) is 1.16. The molecule has 0 saturated carbocycles. The molecule has 134 valence electrons. The van der Waals surface area contributed by atoms with E-state index < -0.39 is 0 Å². The zero-order valence-corrected chi connectivity index (χ0v) is 15.7. The van der Waals surface area contributed by atoms with Gasteiger partial charge in [0.15, 0.2) is 16.7 Å². The van der Waals surface area contributed by atoms with Gasteiger partial charge in [-0.25, -0.2) is 4.99 Å². The fourth-order valence-corrected chi connectivity index (χ4v) is 3.31. The molecule has 1 aliphatic heterocycles. The van der Waals surface area contributed by atoms with Gasteiger partial charge >= 0.3 is 0 Å². The Morgan fingerprint density at radius 3 is 2.73 bits per heavy atom. The molecule has 2 aromatic carbocycles. The van der Waals surface area contributed by atoms with Crippen LogP contribution in [-0.4, -0.2) is 24.8 Å². The first-order valence-electron chi connectivity index (χ1n) is 8.26. The Kier molecular flexibility index (Phi) is 5.63. The highest BCUT2D eigenvalue weighted by Gasteiger charge is 2.24. The van der Waals surface area contributed by atoms with Gasteiger partial charge in [-0.1, -0.05) is 24.3 Å². The summed E-state index contributed by atoms with van der Waals surface area (Å²) in [4.78, 5) is 17.4. The van der Waals surface area contributed by atoms with Gasteiger partial charge in [0, 0.05) is 0 Å². The minimum absolute atomic E-state index is 0.157. The van der Waals surface area contributed by atoms with Gasteiger partial charge in [-0.2, -0.15) is 0 Å². The minimum Gasteiger partial charge on any atom is -0.493 e. The molecule has 1 amide bonds. The Bertz CT molecular complexity index is 890. The van der Waals surface area contributed by atoms with Crippen molar-refractivity contribution in [3.8, 4) is 11.5 Å². The molecule has 0 bridgehead atoms. The lowest BCUT2D eigenvalue weighted by Gasteiger charge is -2.09. The third-order valence-corrected chi connectivity index (χ3v) is 4.68. The molecule has 0 atom stereocenters. The standard InChI is InChI=1S/C20H20N2O3S/c1-4-25-16-10-9-14(11-17(16)24-3)12-18-19(23)22-20(26-18)21-15-8-6-5-7-13(15)2/h5-12H,4H2,1-3H3,(H,21,22,23). The molecule has 1 aliphatic rings. The number of amidine groups is 1. The number of carbonyl (C=O) groups excluding carboxylic acids is 1. The van der Waals surface area contributed by atoms with E-state index in [4.69, 9.17) is 9.47 Å². The summed E-state index contributed by atoms with van der Waals surface area (Å²) in [5, 5.41) is 3.39. The van der Waals surface area contributed by atoms with Gasteiger partial charge in [-0.05, 0) is 61.0 Å². The number of hydrogen-bond acceptors (Lipinski definition) is 5. The maximum Gasteiger partial charge on any atom is 0.264 e. The number of para-hydroxylation sites is 1. The average molecular weight is 368 g/mol. The van der Waals surface area contributed by atoms with E-state index in [1.807, 2.05) is 62.4 Å². The fraction of sp³-hybridized carbons (Fsp3) is 0.200. The normalized spacial score (nSPS) is 16.8. The van der Waals surface area contributed by atoms with Crippen LogP contribution in [0.4, 0.5) is 5.69 Å². The Hall–Kier alpha value is -2.73. The lowest BCUT2D eigenvalue weighted by atomic mass is 10.2. The van der Waals surface area contributed by atoms with Crippen LogP contribution in [0.1, 0.15) is 18.1 Å². The number of carbonyl (C=O) groups is 1. The van der Waals surface area contributed by atoms with Gasteiger partial charge in [0.25, 0.3) is 5.91 Å². The number of ether oxygens (including phenoxy) is 2. The number of nitrogens with one attached hydrogen (secondary N) is 1. The van der Waals surface area contributed by atoms with Crippen LogP contribution in [0.3, 0.4) is 0 Å². The minimum atomic E-state index is -0.157. The van der Waals surface area contributed by atoms with E-state index in [9.17, 15) is 4.79 Å². The lowest BCUT2D eigenvalue weighted by Crippen LogP contribution is -2.19. The zero-order chi connectivity index (χ0) is 18.5. The van der Waals surface area contributed by atoms with Gasteiger partial charge in [-0.15, -0.1) is 0 Å². The molecule has 0 aliphatic carbocycles. The summed E-state index contributed by atoms with van der Waals surface area (Å²) in [6.07, 6.45) is 1.82. The van der Waals surface area contributed by atoms with Crippen molar-refractivity contribution in [2.24, 2.45) is 4.99 Å². The molecule has 1 N–H and O–H groups in total. The molecule has 0 unspecified atom stereocenters. The first-order chi connectivity index (χ1) is 12.6. The largest absolute Gasteiger partial charge is 0.493 e. The number of aliphatic imine (C=N–C) groups is 1. The first kappa shape index (κ1) is 18.1. The van der Waals surface area contributed by atoms with Gasteiger partial charge in [0.2, 0.25) is 0 Å². The van der Waals surface area contributed by atoms with E-state index >= 15 is 0 Å². The lowest BCUT2D eigenvalue weighted by molar-refractivity contribution is -0.115. The smallest absolute Gasteiger partial charge is 0.264 e. The van der Waals surface area contributed by atoms with Crippen molar-refractivity contribution >= 4 is 34.6 Å². The second-order valence-electron chi connectivity index (χ2n) is 5.61. The molecular formula is C20H20N2O3S. The molecule has 6 heteroatoms. The fourth-order valence-electron chi connectivity index (χ4n) is 2.48. The highest BCUT2D eigenvalue weighted by Crippen LogP contribution is 2.32. The third-order valence-electron chi connectivity index (χ3n) is 3.77. The average Bonchev–Trinajstić information content (AvgIpc) is 2.97. The predicted octanol–water partition coefficient (Wildman–Crippen LogP) is 4.29. The Labute approximate surface area is 157 Å². The molecule has 2 aromatic rings. The molecule has 5 nitrogen and oxygen atoms in total. The van der Waals surface area contributed by atoms with Crippen molar-refractivity contribution in [2.45, 2.75) is 13.8 Å². The van der Waals surface area contributed by atoms with Crippen molar-refractivity contribution in [1.82, 2.24) is 5.32 Å². The molecule has 1 heterocycles. The van der Waals surface area contributed by atoms with Gasteiger partial charge in [0.1, 0.15) is 0 Å². The van der Waals surface area contributed by atoms with Gasteiger partial charge < -0.3 is 14.8 Å². The van der Waals surface area contributed by atoms with Crippen LogP contribution in [0.5, 0.6) is 11.5 Å². The molecule has 1 saturated heterocycles. The van der Waals surface area contributed by atoms with E-state index in [2.05, 4.69) is 10.3 Å². The highest BCUT2D eigenvalue weighted by molar-refractivity contribution is 8.18. The molecule has 0 aromatic heterocycles. The van der Waals surface area contributed by atoms with Crippen molar-refractivity contribution in [3.05, 3.63) is 58.5 Å². The van der Waals surface area contributed by atoms with E-state index in [0.29, 0.717) is 28.2 Å². The maximum atomic E-state index is 12.3. The topological polar surface area (TPSA) is 59.9 Å². The molecule has 3 rings (SSSR count). The number of aryl methyl sites for hydroxylation is 1. The molecular weight excluding hydrogens is 348 g/mol. The first-order valence-corrected chi connectivity index (χ1v) is 9.08. The number of hydrogen-bond donors (Lipinski definition) is 1. The Morgan fingerprint density at radius 2 is 2.00 bits per heavy atom. The summed E-state index contributed by atoms with van der Waals surface area (Å²) < 4.78 is 10.9. The second-order valence-corrected chi connectivity index (χ2v) is 6.64. The van der Waals surface area contributed by atoms with E-state index in [-0.39, 0.29) is 5.91 Å². The number of benzene rings is 2. The number of nitrogens with zero attached hydrogens (tertiary/aromatic N) is 1. The SMILES string of the molecule is CCOc1ccc(C=C2SC(=Nc3ccccc3C)NC2=O)cc1OC. The number of rotatable bonds is 5. The summed E-state index contributed by atoms with van der Waals surface area (Å²) in [6.45, 7) is 4.47. The molecule has 26 heavy (non-hydrogen) atoms. The summed E-state index contributed by atoms with van der Waals surface area (Å²) in [7, 11) is 1.60. The van der Waals surface area contributed by atoms with Crippen LogP contribution in [0.2, 0.25) is 0 Å². The summed E-state index contributed by atoms with van der Waals surface area (Å²) in [6, 6.07) is 13.4. The van der Waals surface area contributed by atoms with E-state index in [1.54, 1.807) is 7.11 Å². The number of thioether (sulfide) groups is 1. The number of methoxy groups -OCH3 is 1. The Balaban J connectivity index is 1.84. The van der Waals surface area contributed by atoms with Gasteiger partial charge in [-0.3, -0.25) is 4.79 Å². The summed E-state index contributed by atoms with van der Waals surface area (Å²) in [5.41, 5.74) is 2.77. The molecule has 1 fully saturated rings. The van der Waals surface area contributed by atoms with Crippen LogP contribution in [0.15, 0.2) is 52.4 Å². The number of amides is 1. The van der Waals surface area contributed by atoms with Crippen molar-refractivity contribution in [1.29, 1.82) is 0 Å². The van der Waals surface area contributed by atoms with Crippen LogP contribution < -0.4 is 14.8 Å². The molecule has 0 spiro atoms. The summed E-state index contributed by atoms with van der Waals surface area (Å²) >= 11 is 1.32. The quantitative estimate of drug-likeness (QED) is 0.800. The van der Waals surface area contributed by atoms with Crippen molar-refractivity contribution < 1.29 is 14.3 Å². The van der Waals surface area contributed by atoms with Crippen LogP contribution in [0.25, 0.3) is 6.08 Å². The van der Waals surface area contributed by atoms with E-state index in [1.165, 1.54) is 11.8 Å². The molecule has 0 radical (unpaired) electrons. The third kappa shape index (κ3) is 4.08. The highest BCUT2D eigenvalue weighted by atomic mass is 32.2. The predicted molar refractivity (Wildman–Crippen MR) is 106 cm³/mol. The van der Waals surface area contributed by atoms with Gasteiger partial charge in [0.05, 0.1) is 24.3 Å². The second kappa shape index (κ2) is 8.10. The van der Waals surface area contributed by atoms with Crippen molar-refractivity contribution in [3.63, 3.8) is 0 Å².